The molecular formula is C11H18N2O2S2. The predicted octanol–water partition coefficient (Wildman–Crippen LogP) is 2.59. The molecule has 17 heavy (non-hydrogen) atoms. The Balaban J connectivity index is 2.96. The van der Waals surface area contributed by atoms with Gasteiger partial charge in [-0.3, -0.25) is 4.79 Å². The first-order chi connectivity index (χ1) is 8.15. The number of nitrogens with two attached hydrogens (primary N) is 1. The fourth-order valence-electron chi connectivity index (χ4n) is 1.31. The van der Waals surface area contributed by atoms with Crippen LogP contribution in [-0.4, -0.2) is 25.3 Å². The van der Waals surface area contributed by atoms with Crippen LogP contribution in [0.1, 0.15) is 29.9 Å². The van der Waals surface area contributed by atoms with E-state index in [0.29, 0.717) is 22.9 Å². The van der Waals surface area contributed by atoms with Gasteiger partial charge in [-0.25, -0.2) is 0 Å². The highest BCUT2D eigenvalue weighted by Crippen LogP contribution is 2.43. The van der Waals surface area contributed by atoms with Gasteiger partial charge in [0, 0.05) is 6.54 Å². The van der Waals surface area contributed by atoms with E-state index in [-0.39, 0.29) is 5.91 Å². The molecule has 0 atom stereocenters. The molecule has 0 radical (unpaired) electrons. The van der Waals surface area contributed by atoms with Crippen LogP contribution in [-0.2, 0) is 0 Å². The first-order valence-corrected chi connectivity index (χ1v) is 7.33. The van der Waals surface area contributed by atoms with Crippen LogP contribution in [0.15, 0.2) is 4.21 Å². The van der Waals surface area contributed by atoms with Crippen molar-refractivity contribution in [1.29, 1.82) is 0 Å². The smallest absolute Gasteiger partial charge is 0.263 e. The van der Waals surface area contributed by atoms with Crippen molar-refractivity contribution in [3.63, 3.8) is 0 Å². The fourth-order valence-corrected chi connectivity index (χ4v) is 3.58. The van der Waals surface area contributed by atoms with E-state index in [1.807, 2.05) is 6.92 Å². The number of carbonyl (C=O) groups is 1. The van der Waals surface area contributed by atoms with Crippen LogP contribution in [0.4, 0.5) is 5.69 Å². The summed E-state index contributed by atoms with van der Waals surface area (Å²) in [6.45, 7) is 4.72. The molecule has 0 aromatic carbocycles. The zero-order valence-corrected chi connectivity index (χ0v) is 12.0. The van der Waals surface area contributed by atoms with Crippen molar-refractivity contribution in [1.82, 2.24) is 5.32 Å². The standard InChI is InChI=1S/C11H18N2O2S2/c1-4-6-13-10(14)9-7(12)8(15-3)11(17-9)16-5-2/h4-6,12H2,1-3H3,(H,13,14). The van der Waals surface area contributed by atoms with E-state index >= 15 is 0 Å². The largest absolute Gasteiger partial charge is 0.492 e. The summed E-state index contributed by atoms with van der Waals surface area (Å²) in [6, 6.07) is 0. The summed E-state index contributed by atoms with van der Waals surface area (Å²) in [4.78, 5) is 12.4. The average molecular weight is 274 g/mol. The SMILES string of the molecule is CCCNC(=O)c1sc(SCC)c(OC)c1N. The Labute approximate surface area is 110 Å². The van der Waals surface area contributed by atoms with E-state index in [4.69, 9.17) is 10.5 Å². The summed E-state index contributed by atoms with van der Waals surface area (Å²) in [5.41, 5.74) is 6.38. The number of hydrogen-bond acceptors (Lipinski definition) is 5. The molecule has 1 heterocycles. The molecule has 0 unspecified atom stereocenters. The Bertz CT molecular complexity index is 391. The number of hydrogen-bond donors (Lipinski definition) is 2. The van der Waals surface area contributed by atoms with E-state index in [2.05, 4.69) is 12.2 Å². The maximum absolute atomic E-state index is 11.9. The molecule has 4 nitrogen and oxygen atoms in total. The van der Waals surface area contributed by atoms with E-state index in [9.17, 15) is 4.79 Å². The minimum atomic E-state index is -0.115. The zero-order chi connectivity index (χ0) is 12.8. The molecule has 3 N–H and O–H groups in total. The van der Waals surface area contributed by atoms with Crippen LogP contribution in [0.2, 0.25) is 0 Å². The van der Waals surface area contributed by atoms with Gasteiger partial charge in [0.15, 0.2) is 5.75 Å². The van der Waals surface area contributed by atoms with Gasteiger partial charge in [0.25, 0.3) is 5.91 Å². The molecule has 1 aromatic rings. The van der Waals surface area contributed by atoms with Gasteiger partial charge in [-0.05, 0) is 12.2 Å². The normalized spacial score (nSPS) is 10.3. The van der Waals surface area contributed by atoms with Crippen molar-refractivity contribution in [2.75, 3.05) is 25.1 Å². The van der Waals surface area contributed by atoms with Crippen LogP contribution < -0.4 is 15.8 Å². The number of ether oxygens (including phenoxy) is 1. The minimum Gasteiger partial charge on any atom is -0.492 e. The number of nitrogen functional groups attached to an aromatic ring is 1. The van der Waals surface area contributed by atoms with Gasteiger partial charge in [0.1, 0.15) is 9.09 Å². The second-order valence-electron chi connectivity index (χ2n) is 3.35. The quantitative estimate of drug-likeness (QED) is 0.783. The third kappa shape index (κ3) is 3.29. The summed E-state index contributed by atoms with van der Waals surface area (Å²) >= 11 is 3.03. The molecule has 0 saturated carbocycles. The number of carbonyl (C=O) groups excluding carboxylic acids is 1. The van der Waals surface area contributed by atoms with E-state index in [0.717, 1.165) is 16.4 Å². The second kappa shape index (κ2) is 6.76. The summed E-state index contributed by atoms with van der Waals surface area (Å²) in [5, 5.41) is 2.82. The van der Waals surface area contributed by atoms with Crippen molar-refractivity contribution in [3.05, 3.63) is 4.88 Å². The third-order valence-electron chi connectivity index (χ3n) is 2.09. The predicted molar refractivity (Wildman–Crippen MR) is 74.3 cm³/mol. The highest BCUT2D eigenvalue weighted by atomic mass is 32.2. The molecule has 0 fully saturated rings. The van der Waals surface area contributed by atoms with Crippen molar-refractivity contribution in [3.8, 4) is 5.75 Å². The van der Waals surface area contributed by atoms with Crippen LogP contribution in [0.5, 0.6) is 5.75 Å². The highest BCUT2D eigenvalue weighted by molar-refractivity contribution is 8.01. The van der Waals surface area contributed by atoms with Crippen molar-refractivity contribution in [2.45, 2.75) is 24.5 Å². The van der Waals surface area contributed by atoms with Gasteiger partial charge in [-0.1, -0.05) is 13.8 Å². The summed E-state index contributed by atoms with van der Waals surface area (Å²) < 4.78 is 6.22. The molecule has 0 spiro atoms. The summed E-state index contributed by atoms with van der Waals surface area (Å²) in [5.74, 6) is 1.44. The van der Waals surface area contributed by atoms with Gasteiger partial charge in [0.2, 0.25) is 0 Å². The molecule has 0 aliphatic rings. The van der Waals surface area contributed by atoms with E-state index < -0.39 is 0 Å². The third-order valence-corrected chi connectivity index (χ3v) is 4.41. The van der Waals surface area contributed by atoms with E-state index in [1.165, 1.54) is 11.3 Å². The van der Waals surface area contributed by atoms with Crippen molar-refractivity contribution >= 4 is 34.7 Å². The van der Waals surface area contributed by atoms with Crippen LogP contribution in [0.25, 0.3) is 0 Å². The number of thiophene rings is 1. The topological polar surface area (TPSA) is 64.3 Å². The van der Waals surface area contributed by atoms with Crippen LogP contribution >= 0.6 is 23.1 Å². The molecule has 0 saturated heterocycles. The molecule has 96 valence electrons. The summed E-state index contributed by atoms with van der Waals surface area (Å²) in [6.07, 6.45) is 0.907. The molecule has 1 aromatic heterocycles. The van der Waals surface area contributed by atoms with Gasteiger partial charge in [0.05, 0.1) is 12.8 Å². The van der Waals surface area contributed by atoms with Gasteiger partial charge in [-0.15, -0.1) is 23.1 Å². The zero-order valence-electron chi connectivity index (χ0n) is 10.3. The lowest BCUT2D eigenvalue weighted by molar-refractivity contribution is 0.0958. The number of rotatable bonds is 6. The molecule has 0 aliphatic heterocycles. The number of methoxy groups -OCH3 is 1. The Morgan fingerprint density at radius 3 is 2.76 bits per heavy atom. The number of amides is 1. The lowest BCUT2D eigenvalue weighted by Gasteiger charge is -2.03. The average Bonchev–Trinajstić information content (AvgIpc) is 2.63. The number of anilines is 1. The first-order valence-electron chi connectivity index (χ1n) is 5.52. The first kappa shape index (κ1) is 14.2. The monoisotopic (exact) mass is 274 g/mol. The summed E-state index contributed by atoms with van der Waals surface area (Å²) in [7, 11) is 1.58. The fraction of sp³-hybridized carbons (Fsp3) is 0.545. The maximum atomic E-state index is 11.9. The maximum Gasteiger partial charge on any atom is 0.263 e. The molecule has 1 rings (SSSR count). The minimum absolute atomic E-state index is 0.115. The Morgan fingerprint density at radius 2 is 2.24 bits per heavy atom. The molecular weight excluding hydrogens is 256 g/mol. The second-order valence-corrected chi connectivity index (χ2v) is 5.91. The number of nitrogens with one attached hydrogen (secondary N) is 1. The Morgan fingerprint density at radius 1 is 1.53 bits per heavy atom. The lowest BCUT2D eigenvalue weighted by Crippen LogP contribution is -2.23. The molecule has 0 aliphatic carbocycles. The van der Waals surface area contributed by atoms with E-state index in [1.54, 1.807) is 18.9 Å². The molecule has 0 bridgehead atoms. The van der Waals surface area contributed by atoms with Gasteiger partial charge < -0.3 is 15.8 Å². The Kier molecular flexibility index (Phi) is 5.64. The van der Waals surface area contributed by atoms with Crippen molar-refractivity contribution in [2.24, 2.45) is 0 Å². The highest BCUT2D eigenvalue weighted by Gasteiger charge is 2.21. The van der Waals surface area contributed by atoms with Gasteiger partial charge in [-0.2, -0.15) is 0 Å². The molecule has 1 amide bonds. The van der Waals surface area contributed by atoms with Crippen LogP contribution in [0, 0.1) is 0 Å². The van der Waals surface area contributed by atoms with Gasteiger partial charge >= 0.3 is 0 Å². The van der Waals surface area contributed by atoms with Crippen molar-refractivity contribution < 1.29 is 9.53 Å². The molecule has 6 heteroatoms. The van der Waals surface area contributed by atoms with Crippen LogP contribution in [0.3, 0.4) is 0 Å². The lowest BCUT2D eigenvalue weighted by atomic mass is 10.3. The Hall–Kier alpha value is -0.880. The number of thioether (sulfide) groups is 1.